The Balaban J connectivity index is 1.33. The summed E-state index contributed by atoms with van der Waals surface area (Å²) >= 11 is 0. The Morgan fingerprint density at radius 3 is 1.48 bits per heavy atom. The van der Waals surface area contributed by atoms with Gasteiger partial charge >= 0.3 is 0 Å². The normalized spacial score (nSPS) is 15.1. The van der Waals surface area contributed by atoms with Crippen molar-refractivity contribution in [2.24, 2.45) is 16.2 Å². The summed E-state index contributed by atoms with van der Waals surface area (Å²) in [6.07, 6.45) is 3.13. The Kier molecular flexibility index (Phi) is 9.54. The van der Waals surface area contributed by atoms with Gasteiger partial charge in [0.1, 0.15) is 0 Å². The maximum atomic E-state index is 2.54. The molecule has 0 radical (unpaired) electrons. The van der Waals surface area contributed by atoms with Crippen molar-refractivity contribution in [3.63, 3.8) is 0 Å². The standard InChI is InChI=1S/C57H65N/c1-53(2,3)34-37-31-39(35-54(4,5)6)51(40(32-37)36-55(7,8)9)38-25-27-41(28-26-38)58(42-29-30-44-43-19-14-16-21-46(43)57(12,13)49(44)33-42)50-24-18-23-48-52(50)45-20-15-17-22-47(45)56(48,10)11/h14-33H,34-36H2,1-13H3. The molecule has 0 bridgehead atoms. The summed E-state index contributed by atoms with van der Waals surface area (Å²) in [7, 11) is 0. The molecule has 58 heavy (non-hydrogen) atoms. The zero-order chi connectivity index (χ0) is 41.6. The van der Waals surface area contributed by atoms with Gasteiger partial charge in [-0.1, -0.05) is 181 Å². The van der Waals surface area contributed by atoms with Crippen molar-refractivity contribution in [3.05, 3.63) is 160 Å². The first-order valence-electron chi connectivity index (χ1n) is 21.7. The predicted octanol–water partition coefficient (Wildman–Crippen LogP) is 16.2. The van der Waals surface area contributed by atoms with Crippen LogP contribution in [0, 0.1) is 16.2 Å². The molecule has 0 amide bonds. The van der Waals surface area contributed by atoms with Gasteiger partial charge in [-0.15, -0.1) is 0 Å². The number of hydrogen-bond donors (Lipinski definition) is 0. The second kappa shape index (κ2) is 13.9. The topological polar surface area (TPSA) is 3.24 Å². The highest BCUT2D eigenvalue weighted by atomic mass is 15.1. The minimum Gasteiger partial charge on any atom is -0.310 e. The summed E-state index contributed by atoms with van der Waals surface area (Å²) in [6.45, 7) is 30.9. The van der Waals surface area contributed by atoms with Crippen molar-refractivity contribution in [1.82, 2.24) is 0 Å². The van der Waals surface area contributed by atoms with Crippen LogP contribution in [0.5, 0.6) is 0 Å². The van der Waals surface area contributed by atoms with E-state index >= 15 is 0 Å². The van der Waals surface area contributed by atoms with Crippen LogP contribution in [-0.4, -0.2) is 0 Å². The Morgan fingerprint density at radius 1 is 0.414 bits per heavy atom. The second-order valence-corrected chi connectivity index (χ2v) is 22.2. The van der Waals surface area contributed by atoms with E-state index in [1.54, 1.807) is 0 Å². The van der Waals surface area contributed by atoms with Gasteiger partial charge in [0.2, 0.25) is 0 Å². The lowest BCUT2D eigenvalue weighted by Crippen LogP contribution is -2.17. The SMILES string of the molecule is CC(C)(C)Cc1cc(CC(C)(C)C)c(-c2ccc(N(c3ccc4c(c3)C(C)(C)c3ccccc3-4)c3cccc4c3-c3ccccc3C4(C)C)cc2)c(CC(C)(C)C)c1. The molecule has 6 aromatic carbocycles. The van der Waals surface area contributed by atoms with Gasteiger partial charge in [0.25, 0.3) is 0 Å². The summed E-state index contributed by atoms with van der Waals surface area (Å²) in [5, 5.41) is 0. The van der Waals surface area contributed by atoms with Gasteiger partial charge in [0.15, 0.2) is 0 Å². The molecule has 298 valence electrons. The van der Waals surface area contributed by atoms with Gasteiger partial charge < -0.3 is 4.90 Å². The molecule has 0 atom stereocenters. The molecule has 6 aromatic rings. The van der Waals surface area contributed by atoms with E-state index in [1.165, 1.54) is 89.4 Å². The molecule has 2 aliphatic rings. The zero-order valence-electron chi connectivity index (χ0n) is 37.6. The third-order valence-electron chi connectivity index (χ3n) is 12.6. The van der Waals surface area contributed by atoms with Crippen molar-refractivity contribution in [1.29, 1.82) is 0 Å². The fourth-order valence-corrected chi connectivity index (χ4v) is 10.3. The van der Waals surface area contributed by atoms with Gasteiger partial charge in [-0.3, -0.25) is 0 Å². The van der Waals surface area contributed by atoms with Gasteiger partial charge in [-0.25, -0.2) is 0 Å². The van der Waals surface area contributed by atoms with Crippen LogP contribution in [0.4, 0.5) is 17.1 Å². The van der Waals surface area contributed by atoms with E-state index in [2.05, 4.69) is 216 Å². The molecule has 0 aromatic heterocycles. The summed E-state index contributed by atoms with van der Waals surface area (Å²) in [6, 6.07) is 46.8. The van der Waals surface area contributed by atoms with Crippen molar-refractivity contribution < 1.29 is 0 Å². The first kappa shape index (κ1) is 39.9. The van der Waals surface area contributed by atoms with Crippen LogP contribution in [0.3, 0.4) is 0 Å². The molecule has 0 aliphatic heterocycles. The first-order valence-corrected chi connectivity index (χ1v) is 21.7. The van der Waals surface area contributed by atoms with E-state index in [0.717, 1.165) is 19.3 Å². The highest BCUT2D eigenvalue weighted by molar-refractivity contribution is 5.96. The van der Waals surface area contributed by atoms with Crippen LogP contribution in [0.25, 0.3) is 33.4 Å². The lowest BCUT2D eigenvalue weighted by atomic mass is 9.77. The monoisotopic (exact) mass is 764 g/mol. The molecule has 8 rings (SSSR count). The fraction of sp³-hybridized carbons (Fsp3) is 0.368. The molecular weight excluding hydrogens is 699 g/mol. The average molecular weight is 764 g/mol. The number of fused-ring (bicyclic) bond motifs is 6. The quantitative estimate of drug-likeness (QED) is 0.157. The van der Waals surface area contributed by atoms with Crippen LogP contribution in [0.1, 0.15) is 129 Å². The van der Waals surface area contributed by atoms with Crippen LogP contribution < -0.4 is 4.90 Å². The Bertz CT molecular complexity index is 2480. The van der Waals surface area contributed by atoms with Crippen molar-refractivity contribution >= 4 is 17.1 Å². The lowest BCUT2D eigenvalue weighted by Gasteiger charge is -2.31. The number of rotatable bonds is 7. The van der Waals surface area contributed by atoms with E-state index in [4.69, 9.17) is 0 Å². The van der Waals surface area contributed by atoms with Crippen LogP contribution in [0.15, 0.2) is 121 Å². The molecule has 0 heterocycles. The summed E-state index contributed by atoms with van der Waals surface area (Å²) < 4.78 is 0. The molecule has 1 nitrogen and oxygen atoms in total. The summed E-state index contributed by atoms with van der Waals surface area (Å²) in [4.78, 5) is 2.54. The van der Waals surface area contributed by atoms with Gasteiger partial charge in [-0.05, 0) is 133 Å². The molecule has 0 spiro atoms. The van der Waals surface area contributed by atoms with E-state index in [-0.39, 0.29) is 27.1 Å². The highest BCUT2D eigenvalue weighted by Gasteiger charge is 2.39. The predicted molar refractivity (Wildman–Crippen MR) is 251 cm³/mol. The molecule has 0 unspecified atom stereocenters. The second-order valence-electron chi connectivity index (χ2n) is 22.2. The highest BCUT2D eigenvalue weighted by Crippen LogP contribution is 2.56. The molecule has 1 heteroatoms. The number of hydrogen-bond acceptors (Lipinski definition) is 1. The molecule has 0 N–H and O–H groups in total. The average Bonchev–Trinajstić information content (AvgIpc) is 3.50. The van der Waals surface area contributed by atoms with Gasteiger partial charge in [-0.2, -0.15) is 0 Å². The zero-order valence-corrected chi connectivity index (χ0v) is 37.6. The van der Waals surface area contributed by atoms with Crippen molar-refractivity contribution in [2.75, 3.05) is 4.90 Å². The molecule has 0 fully saturated rings. The van der Waals surface area contributed by atoms with E-state index in [1.807, 2.05) is 0 Å². The molecular formula is C57H65N. The molecule has 2 aliphatic carbocycles. The van der Waals surface area contributed by atoms with E-state index in [0.29, 0.717) is 0 Å². The minimum atomic E-state index is -0.100. The van der Waals surface area contributed by atoms with Gasteiger partial charge in [0.05, 0.1) is 5.69 Å². The van der Waals surface area contributed by atoms with Crippen LogP contribution >= 0.6 is 0 Å². The fourth-order valence-electron chi connectivity index (χ4n) is 10.3. The largest absolute Gasteiger partial charge is 0.310 e. The third kappa shape index (κ3) is 7.25. The Morgan fingerprint density at radius 2 is 0.897 bits per heavy atom. The Labute approximate surface area is 350 Å². The summed E-state index contributed by atoms with van der Waals surface area (Å²) in [5.74, 6) is 0. The first-order chi connectivity index (χ1) is 27.1. The number of nitrogens with zero attached hydrogens (tertiary/aromatic N) is 1. The smallest absolute Gasteiger partial charge is 0.0543 e. The summed E-state index contributed by atoms with van der Waals surface area (Å²) in [5.41, 5.74) is 22.0. The van der Waals surface area contributed by atoms with Crippen LogP contribution in [-0.2, 0) is 30.1 Å². The number of anilines is 3. The molecule has 0 saturated heterocycles. The van der Waals surface area contributed by atoms with Crippen molar-refractivity contribution in [2.45, 2.75) is 120 Å². The third-order valence-corrected chi connectivity index (χ3v) is 12.6. The van der Waals surface area contributed by atoms with Crippen LogP contribution in [0.2, 0.25) is 0 Å². The van der Waals surface area contributed by atoms with E-state index in [9.17, 15) is 0 Å². The van der Waals surface area contributed by atoms with E-state index < -0.39 is 0 Å². The molecule has 0 saturated carbocycles. The maximum Gasteiger partial charge on any atom is 0.0543 e. The van der Waals surface area contributed by atoms with Crippen molar-refractivity contribution in [3.8, 4) is 33.4 Å². The maximum absolute atomic E-state index is 2.54. The minimum absolute atomic E-state index is 0.0922. The number of benzene rings is 6. The lowest BCUT2D eigenvalue weighted by molar-refractivity contribution is 0.400. The van der Waals surface area contributed by atoms with Gasteiger partial charge in [0, 0.05) is 27.8 Å². The Hall–Kier alpha value is -4.88.